The average molecular weight is 300 g/mol. The largest absolute Gasteiger partial charge is 0.383 e. The van der Waals surface area contributed by atoms with Crippen LogP contribution in [-0.4, -0.2) is 64.1 Å². The van der Waals surface area contributed by atoms with E-state index in [0.29, 0.717) is 12.1 Å². The van der Waals surface area contributed by atoms with Gasteiger partial charge in [-0.3, -0.25) is 4.90 Å². The Kier molecular flexibility index (Phi) is 10.3. The zero-order valence-corrected chi connectivity index (χ0v) is 14.6. The Hall–Kier alpha value is -0.160. The summed E-state index contributed by atoms with van der Waals surface area (Å²) in [6.07, 6.45) is 6.66. The van der Waals surface area contributed by atoms with Gasteiger partial charge in [-0.25, -0.2) is 0 Å². The number of methoxy groups -OCH3 is 2. The van der Waals surface area contributed by atoms with Gasteiger partial charge in [0.15, 0.2) is 0 Å². The third kappa shape index (κ3) is 7.09. The molecule has 4 nitrogen and oxygen atoms in total. The highest BCUT2D eigenvalue weighted by molar-refractivity contribution is 4.84. The SMILES string of the molecule is CCCNC1CCCCC1CN(CCOC)C(C)COC. The molecule has 0 aromatic rings. The molecule has 0 bridgehead atoms. The average Bonchev–Trinajstić information content (AvgIpc) is 2.50. The molecule has 0 saturated heterocycles. The molecule has 0 aromatic carbocycles. The van der Waals surface area contributed by atoms with Crippen LogP contribution in [0, 0.1) is 5.92 Å². The van der Waals surface area contributed by atoms with E-state index in [0.717, 1.165) is 38.8 Å². The maximum atomic E-state index is 5.35. The van der Waals surface area contributed by atoms with Crippen molar-refractivity contribution >= 4 is 0 Å². The molecule has 1 saturated carbocycles. The van der Waals surface area contributed by atoms with Crippen LogP contribution >= 0.6 is 0 Å². The van der Waals surface area contributed by atoms with E-state index in [9.17, 15) is 0 Å². The van der Waals surface area contributed by atoms with Gasteiger partial charge in [-0.15, -0.1) is 0 Å². The summed E-state index contributed by atoms with van der Waals surface area (Å²) in [6.45, 7) is 9.41. The van der Waals surface area contributed by atoms with Gasteiger partial charge in [-0.2, -0.15) is 0 Å². The number of ether oxygens (including phenoxy) is 2. The predicted molar refractivity (Wildman–Crippen MR) is 88.8 cm³/mol. The second-order valence-electron chi connectivity index (χ2n) is 6.40. The number of rotatable bonds is 11. The van der Waals surface area contributed by atoms with E-state index in [4.69, 9.17) is 9.47 Å². The molecular formula is C17H36N2O2. The van der Waals surface area contributed by atoms with Gasteiger partial charge in [-0.05, 0) is 38.6 Å². The quantitative estimate of drug-likeness (QED) is 0.636. The first-order valence-electron chi connectivity index (χ1n) is 8.68. The Balaban J connectivity index is 2.55. The van der Waals surface area contributed by atoms with Crippen LogP contribution in [0.2, 0.25) is 0 Å². The summed E-state index contributed by atoms with van der Waals surface area (Å²) in [7, 11) is 3.57. The smallest absolute Gasteiger partial charge is 0.0615 e. The lowest BCUT2D eigenvalue weighted by Crippen LogP contribution is -2.48. The topological polar surface area (TPSA) is 33.7 Å². The molecule has 3 atom stereocenters. The molecule has 0 heterocycles. The Morgan fingerprint density at radius 3 is 2.62 bits per heavy atom. The lowest BCUT2D eigenvalue weighted by Gasteiger charge is -2.38. The molecule has 1 aliphatic carbocycles. The molecule has 0 aliphatic heterocycles. The van der Waals surface area contributed by atoms with Crippen LogP contribution in [-0.2, 0) is 9.47 Å². The summed E-state index contributed by atoms with van der Waals surface area (Å²) in [5.41, 5.74) is 0. The summed E-state index contributed by atoms with van der Waals surface area (Å²) < 4.78 is 10.6. The van der Waals surface area contributed by atoms with Crippen LogP contribution in [0.15, 0.2) is 0 Å². The van der Waals surface area contributed by atoms with Crippen molar-refractivity contribution in [3.63, 3.8) is 0 Å². The fraction of sp³-hybridized carbons (Fsp3) is 1.00. The zero-order chi connectivity index (χ0) is 15.5. The van der Waals surface area contributed by atoms with Crippen LogP contribution in [0.1, 0.15) is 46.0 Å². The second-order valence-corrected chi connectivity index (χ2v) is 6.40. The van der Waals surface area contributed by atoms with E-state index < -0.39 is 0 Å². The van der Waals surface area contributed by atoms with Crippen LogP contribution in [0.3, 0.4) is 0 Å². The number of nitrogens with zero attached hydrogens (tertiary/aromatic N) is 1. The molecule has 1 aliphatic rings. The van der Waals surface area contributed by atoms with Gasteiger partial charge < -0.3 is 14.8 Å². The van der Waals surface area contributed by atoms with E-state index >= 15 is 0 Å². The lowest BCUT2D eigenvalue weighted by molar-refractivity contribution is 0.0546. The molecule has 0 aromatic heterocycles. The lowest BCUT2D eigenvalue weighted by atomic mass is 9.83. The monoisotopic (exact) mass is 300 g/mol. The summed E-state index contributed by atoms with van der Waals surface area (Å²) in [6, 6.07) is 1.15. The molecule has 0 amide bonds. The maximum Gasteiger partial charge on any atom is 0.0615 e. The Labute approximate surface area is 131 Å². The minimum atomic E-state index is 0.457. The van der Waals surface area contributed by atoms with Gasteiger partial charge in [0.1, 0.15) is 0 Å². The number of hydrogen-bond acceptors (Lipinski definition) is 4. The molecular weight excluding hydrogens is 264 g/mol. The maximum absolute atomic E-state index is 5.35. The van der Waals surface area contributed by atoms with Gasteiger partial charge in [0.05, 0.1) is 13.2 Å². The third-order valence-corrected chi connectivity index (χ3v) is 4.65. The van der Waals surface area contributed by atoms with Crippen molar-refractivity contribution in [1.29, 1.82) is 0 Å². The molecule has 3 unspecified atom stereocenters. The zero-order valence-electron chi connectivity index (χ0n) is 14.6. The molecule has 126 valence electrons. The van der Waals surface area contributed by atoms with Crippen LogP contribution < -0.4 is 5.32 Å². The van der Waals surface area contributed by atoms with E-state index in [2.05, 4.69) is 24.1 Å². The molecule has 4 heteroatoms. The van der Waals surface area contributed by atoms with E-state index in [1.54, 1.807) is 14.2 Å². The Morgan fingerprint density at radius 1 is 1.19 bits per heavy atom. The highest BCUT2D eigenvalue weighted by atomic mass is 16.5. The van der Waals surface area contributed by atoms with Crippen molar-refractivity contribution in [2.45, 2.75) is 58.0 Å². The van der Waals surface area contributed by atoms with E-state index in [1.807, 2.05) is 0 Å². The molecule has 0 spiro atoms. The predicted octanol–water partition coefficient (Wildman–Crippen LogP) is 2.53. The van der Waals surface area contributed by atoms with Crippen LogP contribution in [0.4, 0.5) is 0 Å². The molecule has 1 rings (SSSR count). The summed E-state index contributed by atoms with van der Waals surface area (Å²) in [5.74, 6) is 0.765. The fourth-order valence-corrected chi connectivity index (χ4v) is 3.37. The van der Waals surface area contributed by atoms with Gasteiger partial charge in [0, 0.05) is 39.4 Å². The van der Waals surface area contributed by atoms with Crippen LogP contribution in [0.25, 0.3) is 0 Å². The first kappa shape index (κ1) is 18.9. The van der Waals surface area contributed by atoms with Gasteiger partial charge in [0.2, 0.25) is 0 Å². The summed E-state index contributed by atoms with van der Waals surface area (Å²) in [4.78, 5) is 2.55. The summed E-state index contributed by atoms with van der Waals surface area (Å²) >= 11 is 0. The number of hydrogen-bond donors (Lipinski definition) is 1. The third-order valence-electron chi connectivity index (χ3n) is 4.65. The van der Waals surface area contributed by atoms with Crippen molar-refractivity contribution in [2.75, 3.05) is 47.1 Å². The highest BCUT2D eigenvalue weighted by Crippen LogP contribution is 2.26. The van der Waals surface area contributed by atoms with Crippen molar-refractivity contribution in [3.8, 4) is 0 Å². The standard InChI is InChI=1S/C17H36N2O2/c1-5-10-18-17-9-7-6-8-16(17)13-19(11-12-20-3)15(2)14-21-4/h15-18H,5-14H2,1-4H3. The Bertz CT molecular complexity index is 251. The van der Waals surface area contributed by atoms with Gasteiger partial charge >= 0.3 is 0 Å². The first-order valence-corrected chi connectivity index (χ1v) is 8.68. The number of nitrogens with one attached hydrogen (secondary N) is 1. The first-order chi connectivity index (χ1) is 10.2. The van der Waals surface area contributed by atoms with Crippen molar-refractivity contribution in [3.05, 3.63) is 0 Å². The minimum absolute atomic E-state index is 0.457. The normalized spacial score (nSPS) is 24.4. The van der Waals surface area contributed by atoms with Crippen molar-refractivity contribution < 1.29 is 9.47 Å². The molecule has 1 N–H and O–H groups in total. The molecule has 0 radical (unpaired) electrons. The minimum Gasteiger partial charge on any atom is -0.383 e. The molecule has 1 fully saturated rings. The second kappa shape index (κ2) is 11.4. The highest BCUT2D eigenvalue weighted by Gasteiger charge is 2.27. The molecule has 21 heavy (non-hydrogen) atoms. The Morgan fingerprint density at radius 2 is 1.95 bits per heavy atom. The van der Waals surface area contributed by atoms with Crippen molar-refractivity contribution in [2.24, 2.45) is 5.92 Å². The van der Waals surface area contributed by atoms with Gasteiger partial charge in [0.25, 0.3) is 0 Å². The van der Waals surface area contributed by atoms with Crippen LogP contribution in [0.5, 0.6) is 0 Å². The summed E-state index contributed by atoms with van der Waals surface area (Å²) in [5, 5.41) is 3.76. The van der Waals surface area contributed by atoms with E-state index in [-0.39, 0.29) is 0 Å². The fourth-order valence-electron chi connectivity index (χ4n) is 3.37. The van der Waals surface area contributed by atoms with Crippen molar-refractivity contribution in [1.82, 2.24) is 10.2 Å². The van der Waals surface area contributed by atoms with Gasteiger partial charge in [-0.1, -0.05) is 19.8 Å². The van der Waals surface area contributed by atoms with E-state index in [1.165, 1.54) is 32.1 Å².